The SMILES string of the molecule is Cc1sc(Br)cc1C(Br)c1cccc(Br)c1F. The van der Waals surface area contributed by atoms with Crippen LogP contribution < -0.4 is 0 Å². The number of hydrogen-bond acceptors (Lipinski definition) is 1. The molecule has 1 heterocycles. The van der Waals surface area contributed by atoms with Crippen LogP contribution in [0.4, 0.5) is 4.39 Å². The standard InChI is InChI=1S/C12H8Br3FS/c1-6-8(5-10(14)17-6)11(15)7-3-2-4-9(13)12(7)16/h2-5,11H,1H3. The molecule has 1 atom stereocenters. The molecule has 0 radical (unpaired) electrons. The van der Waals surface area contributed by atoms with Gasteiger partial charge >= 0.3 is 0 Å². The lowest BCUT2D eigenvalue weighted by molar-refractivity contribution is 0.607. The van der Waals surface area contributed by atoms with Crippen molar-refractivity contribution in [2.45, 2.75) is 11.8 Å². The van der Waals surface area contributed by atoms with Crippen LogP contribution in [-0.4, -0.2) is 0 Å². The summed E-state index contributed by atoms with van der Waals surface area (Å²) >= 11 is 11.9. The minimum Gasteiger partial charge on any atom is -0.205 e. The van der Waals surface area contributed by atoms with Crippen molar-refractivity contribution in [3.8, 4) is 0 Å². The third-order valence-corrected chi connectivity index (χ3v) is 5.62. The molecular weight excluding hydrogens is 435 g/mol. The second kappa shape index (κ2) is 5.51. The molecule has 2 rings (SSSR count). The van der Waals surface area contributed by atoms with E-state index < -0.39 is 0 Å². The molecule has 2 aromatic rings. The van der Waals surface area contributed by atoms with E-state index in [0.29, 0.717) is 10.0 Å². The van der Waals surface area contributed by atoms with Crippen molar-refractivity contribution in [3.63, 3.8) is 0 Å². The van der Waals surface area contributed by atoms with Crippen molar-refractivity contribution < 1.29 is 4.39 Å². The predicted molar refractivity (Wildman–Crippen MR) is 81.6 cm³/mol. The van der Waals surface area contributed by atoms with Crippen molar-refractivity contribution in [2.24, 2.45) is 0 Å². The number of alkyl halides is 1. The second-order valence-electron chi connectivity index (χ2n) is 3.57. The maximum Gasteiger partial charge on any atom is 0.142 e. The average molecular weight is 443 g/mol. The van der Waals surface area contributed by atoms with E-state index in [1.165, 1.54) is 4.88 Å². The lowest BCUT2D eigenvalue weighted by Crippen LogP contribution is -1.97. The molecule has 0 nitrogen and oxygen atoms in total. The Kier molecular flexibility index (Phi) is 4.45. The van der Waals surface area contributed by atoms with Gasteiger partial charge in [-0.15, -0.1) is 11.3 Å². The third kappa shape index (κ3) is 2.83. The molecule has 0 aliphatic rings. The Balaban J connectivity index is 2.47. The van der Waals surface area contributed by atoms with Gasteiger partial charge in [0.25, 0.3) is 0 Å². The Morgan fingerprint density at radius 1 is 1.24 bits per heavy atom. The van der Waals surface area contributed by atoms with Crippen molar-refractivity contribution in [1.82, 2.24) is 0 Å². The number of rotatable bonds is 2. The summed E-state index contributed by atoms with van der Waals surface area (Å²) in [7, 11) is 0. The molecular formula is C12H8Br3FS. The first-order chi connectivity index (χ1) is 8.00. The van der Waals surface area contributed by atoms with Crippen molar-refractivity contribution in [3.05, 3.63) is 54.3 Å². The fourth-order valence-corrected chi connectivity index (χ4v) is 4.70. The Labute approximate surface area is 129 Å². The van der Waals surface area contributed by atoms with Crippen LogP contribution in [0.5, 0.6) is 0 Å². The largest absolute Gasteiger partial charge is 0.205 e. The maximum absolute atomic E-state index is 14.0. The normalized spacial score (nSPS) is 12.8. The van der Waals surface area contributed by atoms with Crippen LogP contribution in [0.25, 0.3) is 0 Å². The first-order valence-corrected chi connectivity index (χ1v) is 8.16. The van der Waals surface area contributed by atoms with E-state index in [-0.39, 0.29) is 10.6 Å². The molecule has 90 valence electrons. The lowest BCUT2D eigenvalue weighted by atomic mass is 10.1. The molecule has 0 fully saturated rings. The summed E-state index contributed by atoms with van der Waals surface area (Å²) in [5, 5.41) is 0. The molecule has 0 saturated heterocycles. The minimum atomic E-state index is -0.212. The van der Waals surface area contributed by atoms with Gasteiger partial charge in [-0.3, -0.25) is 0 Å². The van der Waals surface area contributed by atoms with Gasteiger partial charge in [-0.05, 0) is 56.5 Å². The minimum absolute atomic E-state index is 0.123. The van der Waals surface area contributed by atoms with Crippen LogP contribution in [0.2, 0.25) is 0 Å². The first-order valence-electron chi connectivity index (χ1n) is 4.84. The Morgan fingerprint density at radius 2 is 1.94 bits per heavy atom. The first kappa shape index (κ1) is 13.7. The van der Waals surface area contributed by atoms with Crippen molar-refractivity contribution in [1.29, 1.82) is 0 Å². The van der Waals surface area contributed by atoms with Gasteiger partial charge in [-0.25, -0.2) is 4.39 Å². The van der Waals surface area contributed by atoms with Gasteiger partial charge in [0, 0.05) is 10.4 Å². The van der Waals surface area contributed by atoms with Gasteiger partial charge in [0.15, 0.2) is 0 Å². The molecule has 1 aromatic heterocycles. The van der Waals surface area contributed by atoms with E-state index >= 15 is 0 Å². The second-order valence-corrected chi connectivity index (χ2v) is 7.97. The fourth-order valence-electron chi connectivity index (χ4n) is 1.59. The zero-order valence-electron chi connectivity index (χ0n) is 8.81. The van der Waals surface area contributed by atoms with E-state index in [9.17, 15) is 4.39 Å². The van der Waals surface area contributed by atoms with Crippen molar-refractivity contribution in [2.75, 3.05) is 0 Å². The van der Waals surface area contributed by atoms with Crippen molar-refractivity contribution >= 4 is 59.1 Å². The fraction of sp³-hybridized carbons (Fsp3) is 0.167. The summed E-state index contributed by atoms with van der Waals surface area (Å²) in [6.07, 6.45) is 0. The average Bonchev–Trinajstić information content (AvgIpc) is 2.61. The van der Waals surface area contributed by atoms with Crippen LogP contribution in [0.15, 0.2) is 32.5 Å². The molecule has 17 heavy (non-hydrogen) atoms. The smallest absolute Gasteiger partial charge is 0.142 e. The van der Waals surface area contributed by atoms with Gasteiger partial charge in [-0.2, -0.15) is 0 Å². The third-order valence-electron chi connectivity index (χ3n) is 2.45. The summed E-state index contributed by atoms with van der Waals surface area (Å²) in [6.45, 7) is 2.04. The topological polar surface area (TPSA) is 0 Å². The number of halogens is 4. The highest BCUT2D eigenvalue weighted by Gasteiger charge is 2.19. The van der Waals surface area contributed by atoms with Crippen LogP contribution >= 0.6 is 59.1 Å². The number of benzene rings is 1. The zero-order valence-corrected chi connectivity index (χ0v) is 14.4. The highest BCUT2D eigenvalue weighted by Crippen LogP contribution is 2.40. The molecule has 0 amide bonds. The molecule has 0 bridgehead atoms. The quantitative estimate of drug-likeness (QED) is 0.485. The number of thiophene rings is 1. The summed E-state index contributed by atoms with van der Waals surface area (Å²) < 4.78 is 15.5. The molecule has 5 heteroatoms. The highest BCUT2D eigenvalue weighted by molar-refractivity contribution is 9.11. The van der Waals surface area contributed by atoms with E-state index in [1.54, 1.807) is 23.5 Å². The van der Waals surface area contributed by atoms with Gasteiger partial charge in [0.1, 0.15) is 5.82 Å². The van der Waals surface area contributed by atoms with Crippen LogP contribution in [-0.2, 0) is 0 Å². The zero-order chi connectivity index (χ0) is 12.6. The van der Waals surface area contributed by atoms with Gasteiger partial charge in [-0.1, -0.05) is 28.1 Å². The van der Waals surface area contributed by atoms with E-state index in [0.717, 1.165) is 9.35 Å². The Hall–Kier alpha value is 0.290. The van der Waals surface area contributed by atoms with E-state index in [1.807, 2.05) is 19.1 Å². The molecule has 0 aliphatic heterocycles. The lowest BCUT2D eigenvalue weighted by Gasteiger charge is -2.12. The molecule has 1 aromatic carbocycles. The molecule has 0 saturated carbocycles. The van der Waals surface area contributed by atoms with Gasteiger partial charge in [0.2, 0.25) is 0 Å². The molecule has 0 spiro atoms. The molecule has 0 aliphatic carbocycles. The van der Waals surface area contributed by atoms with Crippen LogP contribution in [0.1, 0.15) is 20.8 Å². The highest BCUT2D eigenvalue weighted by atomic mass is 79.9. The summed E-state index contributed by atoms with van der Waals surface area (Å²) in [5.74, 6) is -0.212. The summed E-state index contributed by atoms with van der Waals surface area (Å²) in [4.78, 5) is 1.06. The summed E-state index contributed by atoms with van der Waals surface area (Å²) in [6, 6.07) is 7.37. The Bertz CT molecular complexity index is 551. The summed E-state index contributed by atoms with van der Waals surface area (Å²) in [5.41, 5.74) is 1.74. The predicted octanol–water partition coefficient (Wildman–Crippen LogP) is 6.20. The molecule has 0 N–H and O–H groups in total. The van der Waals surface area contributed by atoms with E-state index in [4.69, 9.17) is 0 Å². The molecule has 1 unspecified atom stereocenters. The van der Waals surface area contributed by atoms with E-state index in [2.05, 4.69) is 47.8 Å². The maximum atomic E-state index is 14.0. The number of hydrogen-bond donors (Lipinski definition) is 0. The van der Waals surface area contributed by atoms with Gasteiger partial charge < -0.3 is 0 Å². The Morgan fingerprint density at radius 3 is 2.53 bits per heavy atom. The number of aryl methyl sites for hydroxylation is 1. The van der Waals surface area contributed by atoms with Gasteiger partial charge in [0.05, 0.1) is 13.1 Å². The monoisotopic (exact) mass is 440 g/mol. The van der Waals surface area contributed by atoms with Crippen LogP contribution in [0, 0.1) is 12.7 Å². The van der Waals surface area contributed by atoms with Crippen LogP contribution in [0.3, 0.4) is 0 Å².